The van der Waals surface area contributed by atoms with Crippen LogP contribution in [0.25, 0.3) is 22.3 Å². The molecule has 0 aliphatic rings. The Hall–Kier alpha value is -3.24. The minimum Gasteiger partial charge on any atom is -0.809 e. The SMILES string of the molecule is O=P([O-])([O-])C(Nc1cccc(-c2ccccc2)c1-c1ccccc1)c1ccncc1. The zero-order valence-electron chi connectivity index (χ0n) is 16.0. The van der Waals surface area contributed by atoms with Crippen molar-refractivity contribution in [3.63, 3.8) is 0 Å². The Morgan fingerprint density at radius 1 is 0.733 bits per heavy atom. The molecule has 0 fully saturated rings. The lowest BCUT2D eigenvalue weighted by Crippen LogP contribution is -2.26. The third kappa shape index (κ3) is 4.34. The molecule has 0 radical (unpaired) electrons. The highest BCUT2D eigenvalue weighted by molar-refractivity contribution is 7.49. The number of hydrogen-bond acceptors (Lipinski definition) is 5. The number of hydrogen-bond donors (Lipinski definition) is 1. The van der Waals surface area contributed by atoms with Crippen LogP contribution in [0.2, 0.25) is 0 Å². The van der Waals surface area contributed by atoms with Gasteiger partial charge in [-0.3, -0.25) is 4.98 Å². The van der Waals surface area contributed by atoms with Gasteiger partial charge in [0.15, 0.2) is 0 Å². The highest BCUT2D eigenvalue weighted by atomic mass is 31.2. The van der Waals surface area contributed by atoms with Gasteiger partial charge in [-0.25, -0.2) is 0 Å². The predicted octanol–water partition coefficient (Wildman–Crippen LogP) is 4.44. The monoisotopic (exact) mass is 414 g/mol. The van der Waals surface area contributed by atoms with Crippen LogP contribution in [0.15, 0.2) is 103 Å². The van der Waals surface area contributed by atoms with Gasteiger partial charge in [0.2, 0.25) is 0 Å². The second-order valence-corrected chi connectivity index (χ2v) is 8.42. The van der Waals surface area contributed by atoms with Crippen molar-refractivity contribution in [2.75, 3.05) is 5.32 Å². The molecule has 150 valence electrons. The third-order valence-corrected chi connectivity index (χ3v) is 5.90. The lowest BCUT2D eigenvalue weighted by atomic mass is 9.93. The average molecular weight is 414 g/mol. The zero-order chi connectivity index (χ0) is 21.0. The summed E-state index contributed by atoms with van der Waals surface area (Å²) in [5.74, 6) is -1.41. The minimum atomic E-state index is -5.00. The first-order valence-corrected chi connectivity index (χ1v) is 11.1. The molecule has 0 aliphatic carbocycles. The second-order valence-electron chi connectivity index (χ2n) is 6.83. The quantitative estimate of drug-likeness (QED) is 0.471. The van der Waals surface area contributed by atoms with Crippen LogP contribution < -0.4 is 15.1 Å². The van der Waals surface area contributed by atoms with E-state index in [1.54, 1.807) is 6.07 Å². The first-order valence-electron chi connectivity index (χ1n) is 9.46. The van der Waals surface area contributed by atoms with Crippen LogP contribution in [0.3, 0.4) is 0 Å². The average Bonchev–Trinajstić information content (AvgIpc) is 2.78. The molecule has 0 spiro atoms. The summed E-state index contributed by atoms with van der Waals surface area (Å²) in [4.78, 5) is 28.2. The lowest BCUT2D eigenvalue weighted by molar-refractivity contribution is -0.316. The van der Waals surface area contributed by atoms with E-state index in [9.17, 15) is 14.4 Å². The minimum absolute atomic E-state index is 0.349. The first-order chi connectivity index (χ1) is 14.5. The summed E-state index contributed by atoms with van der Waals surface area (Å²) in [7, 11) is -5.00. The number of nitrogens with zero attached hydrogens (tertiary/aromatic N) is 1. The molecule has 0 amide bonds. The molecule has 5 nitrogen and oxygen atoms in total. The van der Waals surface area contributed by atoms with E-state index in [2.05, 4.69) is 10.3 Å². The molecule has 0 saturated heterocycles. The Morgan fingerprint density at radius 3 is 1.93 bits per heavy atom. The highest BCUT2D eigenvalue weighted by Crippen LogP contribution is 2.47. The standard InChI is InChI=1S/C24H21N2O3P/c27-30(28,29)24(20-14-16-25-17-15-20)26-22-13-7-12-21(18-8-3-1-4-9-18)23(22)19-10-5-2-6-11-19/h1-17,24,26H,(H2,27,28,29)/p-2. The lowest BCUT2D eigenvalue weighted by Gasteiger charge is -2.40. The van der Waals surface area contributed by atoms with Gasteiger partial charge >= 0.3 is 0 Å². The molecule has 4 rings (SSSR count). The molecule has 0 aliphatic heterocycles. The molecule has 1 unspecified atom stereocenters. The van der Waals surface area contributed by atoms with Crippen LogP contribution in [0, 0.1) is 0 Å². The van der Waals surface area contributed by atoms with Crippen molar-refractivity contribution in [3.8, 4) is 22.3 Å². The molecule has 1 heterocycles. The number of anilines is 1. The van der Waals surface area contributed by atoms with Crippen molar-refractivity contribution in [1.82, 2.24) is 4.98 Å². The summed E-state index contributed by atoms with van der Waals surface area (Å²) >= 11 is 0. The highest BCUT2D eigenvalue weighted by Gasteiger charge is 2.19. The molecule has 0 saturated carbocycles. The van der Waals surface area contributed by atoms with E-state index in [-0.39, 0.29) is 0 Å². The Labute approximate surface area is 175 Å². The summed E-state index contributed by atoms with van der Waals surface area (Å²) in [5, 5.41) is 3.00. The van der Waals surface area contributed by atoms with Gasteiger partial charge in [0.05, 0.1) is 5.78 Å². The van der Waals surface area contributed by atoms with E-state index >= 15 is 0 Å². The molecular weight excluding hydrogens is 395 g/mol. The maximum atomic E-state index is 12.1. The first kappa shape index (κ1) is 20.0. The molecule has 30 heavy (non-hydrogen) atoms. The number of aromatic nitrogens is 1. The summed E-state index contributed by atoms with van der Waals surface area (Å²) in [6.07, 6.45) is 2.94. The van der Waals surface area contributed by atoms with E-state index < -0.39 is 13.4 Å². The number of nitrogens with one attached hydrogen (secondary N) is 1. The van der Waals surface area contributed by atoms with Gasteiger partial charge in [-0.1, -0.05) is 72.8 Å². The van der Waals surface area contributed by atoms with Gasteiger partial charge in [-0.2, -0.15) is 0 Å². The van der Waals surface area contributed by atoms with E-state index in [0.29, 0.717) is 11.3 Å². The van der Waals surface area contributed by atoms with Crippen molar-refractivity contribution in [2.24, 2.45) is 0 Å². The van der Waals surface area contributed by atoms with Crippen LogP contribution in [-0.2, 0) is 4.57 Å². The van der Waals surface area contributed by atoms with Gasteiger partial charge in [-0.05, 0) is 48.0 Å². The molecule has 1 N–H and O–H groups in total. The Balaban J connectivity index is 1.89. The van der Waals surface area contributed by atoms with Crippen molar-refractivity contribution in [3.05, 3.63) is 109 Å². The summed E-state index contributed by atoms with van der Waals surface area (Å²) in [6, 6.07) is 28.2. The fourth-order valence-corrected chi connectivity index (χ4v) is 4.32. The van der Waals surface area contributed by atoms with E-state index in [0.717, 1.165) is 22.3 Å². The van der Waals surface area contributed by atoms with Gasteiger partial charge in [0.25, 0.3) is 0 Å². The van der Waals surface area contributed by atoms with E-state index in [1.165, 1.54) is 24.5 Å². The number of rotatable bonds is 6. The Kier molecular flexibility index (Phi) is 5.77. The van der Waals surface area contributed by atoms with Crippen molar-refractivity contribution >= 4 is 13.3 Å². The van der Waals surface area contributed by atoms with Crippen molar-refractivity contribution in [2.45, 2.75) is 5.78 Å². The summed E-state index contributed by atoms with van der Waals surface area (Å²) < 4.78 is 12.1. The number of benzene rings is 3. The van der Waals surface area contributed by atoms with Crippen LogP contribution >= 0.6 is 7.60 Å². The normalized spacial score (nSPS) is 12.3. The van der Waals surface area contributed by atoms with E-state index in [4.69, 9.17) is 0 Å². The van der Waals surface area contributed by atoms with Gasteiger partial charge in [0, 0.05) is 23.6 Å². The van der Waals surface area contributed by atoms with Crippen LogP contribution in [0.1, 0.15) is 11.3 Å². The molecule has 3 aromatic carbocycles. The smallest absolute Gasteiger partial charge is 0.0788 e. The van der Waals surface area contributed by atoms with Gasteiger partial charge in [0.1, 0.15) is 0 Å². The summed E-state index contributed by atoms with van der Waals surface area (Å²) in [6.45, 7) is 0. The van der Waals surface area contributed by atoms with Gasteiger partial charge < -0.3 is 19.7 Å². The molecule has 4 aromatic rings. The largest absolute Gasteiger partial charge is 0.809 e. The predicted molar refractivity (Wildman–Crippen MR) is 116 cm³/mol. The molecule has 1 atom stereocenters. The fourth-order valence-electron chi connectivity index (χ4n) is 3.48. The molecule has 6 heteroatoms. The fraction of sp³-hybridized carbons (Fsp3) is 0.0417. The van der Waals surface area contributed by atoms with Crippen LogP contribution in [0.4, 0.5) is 5.69 Å². The zero-order valence-corrected chi connectivity index (χ0v) is 16.9. The maximum Gasteiger partial charge on any atom is 0.0788 e. The number of pyridine rings is 1. The summed E-state index contributed by atoms with van der Waals surface area (Å²) in [5.41, 5.74) is 4.59. The van der Waals surface area contributed by atoms with Gasteiger partial charge in [-0.15, -0.1) is 0 Å². The molecular formula is C24H19N2O3P-2. The van der Waals surface area contributed by atoms with E-state index in [1.807, 2.05) is 72.8 Å². The van der Waals surface area contributed by atoms with Crippen LogP contribution in [-0.4, -0.2) is 4.98 Å². The third-order valence-electron chi connectivity index (χ3n) is 4.84. The topological polar surface area (TPSA) is 88.1 Å². The Bertz CT molecular complexity index is 1160. The van der Waals surface area contributed by atoms with Crippen LogP contribution in [0.5, 0.6) is 0 Å². The Morgan fingerprint density at radius 2 is 1.33 bits per heavy atom. The molecule has 1 aromatic heterocycles. The molecule has 0 bridgehead atoms. The second kappa shape index (κ2) is 8.64. The maximum absolute atomic E-state index is 12.1. The van der Waals surface area contributed by atoms with Crippen molar-refractivity contribution < 1.29 is 14.4 Å². The van der Waals surface area contributed by atoms with Crippen molar-refractivity contribution in [1.29, 1.82) is 0 Å².